The molecule has 1 fully saturated rings. The predicted octanol–water partition coefficient (Wildman–Crippen LogP) is 4.63. The van der Waals surface area contributed by atoms with E-state index in [2.05, 4.69) is 19.1 Å². The molecule has 1 saturated carbocycles. The Balaban J connectivity index is 2.09. The van der Waals surface area contributed by atoms with Crippen molar-refractivity contribution in [3.05, 3.63) is 34.9 Å². The van der Waals surface area contributed by atoms with Crippen molar-refractivity contribution in [3.63, 3.8) is 0 Å². The van der Waals surface area contributed by atoms with Crippen LogP contribution in [0.1, 0.15) is 44.1 Å². The lowest BCUT2D eigenvalue weighted by Gasteiger charge is -2.19. The maximum absolute atomic E-state index is 5.88. The molecule has 0 N–H and O–H groups in total. The first-order chi connectivity index (χ1) is 6.77. The Morgan fingerprint density at radius 3 is 2.29 bits per heavy atom. The van der Waals surface area contributed by atoms with Gasteiger partial charge < -0.3 is 0 Å². The van der Waals surface area contributed by atoms with Crippen molar-refractivity contribution >= 4 is 11.6 Å². The van der Waals surface area contributed by atoms with Gasteiger partial charge in [0.05, 0.1) is 0 Å². The fourth-order valence-electron chi connectivity index (χ4n) is 2.50. The topological polar surface area (TPSA) is 0 Å². The SMILES string of the molecule is CC(c1ccc(Cl)cc1)C1CCCC1. The average Bonchev–Trinajstić information content (AvgIpc) is 2.71. The van der Waals surface area contributed by atoms with Gasteiger partial charge in [-0.05, 0) is 42.4 Å². The molecule has 14 heavy (non-hydrogen) atoms. The normalized spacial score (nSPS) is 19.9. The molecule has 0 nitrogen and oxygen atoms in total. The van der Waals surface area contributed by atoms with E-state index in [1.807, 2.05) is 12.1 Å². The molecule has 1 aromatic rings. The summed E-state index contributed by atoms with van der Waals surface area (Å²) in [4.78, 5) is 0. The highest BCUT2D eigenvalue weighted by molar-refractivity contribution is 6.30. The molecule has 0 bridgehead atoms. The van der Waals surface area contributed by atoms with Crippen molar-refractivity contribution in [2.75, 3.05) is 0 Å². The van der Waals surface area contributed by atoms with Gasteiger partial charge in [-0.2, -0.15) is 0 Å². The second-order valence-electron chi connectivity index (χ2n) is 4.38. The Bertz CT molecular complexity index is 283. The van der Waals surface area contributed by atoms with Gasteiger partial charge >= 0.3 is 0 Å². The zero-order chi connectivity index (χ0) is 9.97. The van der Waals surface area contributed by atoms with E-state index in [1.165, 1.54) is 31.2 Å². The number of rotatable bonds is 2. The summed E-state index contributed by atoms with van der Waals surface area (Å²) in [7, 11) is 0. The Morgan fingerprint density at radius 1 is 1.14 bits per heavy atom. The van der Waals surface area contributed by atoms with Crippen molar-refractivity contribution in [1.82, 2.24) is 0 Å². The molecule has 0 aliphatic heterocycles. The van der Waals surface area contributed by atoms with Crippen LogP contribution < -0.4 is 0 Å². The maximum atomic E-state index is 5.88. The molecule has 0 aromatic heterocycles. The first kappa shape index (κ1) is 10.0. The highest BCUT2D eigenvalue weighted by Gasteiger charge is 2.22. The molecule has 1 aliphatic rings. The van der Waals surface area contributed by atoms with Gasteiger partial charge in [-0.15, -0.1) is 0 Å². The van der Waals surface area contributed by atoms with Crippen molar-refractivity contribution < 1.29 is 0 Å². The second-order valence-corrected chi connectivity index (χ2v) is 4.82. The molecular formula is C13H17Cl. The summed E-state index contributed by atoms with van der Waals surface area (Å²) in [6.07, 6.45) is 5.65. The Morgan fingerprint density at radius 2 is 1.71 bits per heavy atom. The van der Waals surface area contributed by atoms with Gasteiger partial charge in [-0.25, -0.2) is 0 Å². The van der Waals surface area contributed by atoms with Crippen LogP contribution >= 0.6 is 11.6 Å². The minimum absolute atomic E-state index is 0.703. The molecule has 0 amide bonds. The summed E-state index contributed by atoms with van der Waals surface area (Å²) in [6.45, 7) is 2.35. The second kappa shape index (κ2) is 4.35. The van der Waals surface area contributed by atoms with Crippen molar-refractivity contribution in [3.8, 4) is 0 Å². The molecule has 1 heteroatoms. The molecule has 0 heterocycles. The quantitative estimate of drug-likeness (QED) is 0.665. The van der Waals surface area contributed by atoms with E-state index in [1.54, 1.807) is 0 Å². The van der Waals surface area contributed by atoms with E-state index < -0.39 is 0 Å². The molecule has 76 valence electrons. The van der Waals surface area contributed by atoms with E-state index in [4.69, 9.17) is 11.6 Å². The third-order valence-corrected chi connectivity index (χ3v) is 3.75. The zero-order valence-electron chi connectivity index (χ0n) is 8.67. The fraction of sp³-hybridized carbons (Fsp3) is 0.538. The van der Waals surface area contributed by atoms with Crippen LogP contribution in [0.25, 0.3) is 0 Å². The monoisotopic (exact) mass is 208 g/mol. The van der Waals surface area contributed by atoms with E-state index in [-0.39, 0.29) is 0 Å². The highest BCUT2D eigenvalue weighted by atomic mass is 35.5. The fourth-order valence-corrected chi connectivity index (χ4v) is 2.62. The Labute approximate surface area is 91.3 Å². The largest absolute Gasteiger partial charge is 0.0843 e. The van der Waals surface area contributed by atoms with E-state index >= 15 is 0 Å². The van der Waals surface area contributed by atoms with Crippen LogP contribution in [0.3, 0.4) is 0 Å². The van der Waals surface area contributed by atoms with Gasteiger partial charge in [0, 0.05) is 5.02 Å². The zero-order valence-corrected chi connectivity index (χ0v) is 9.43. The van der Waals surface area contributed by atoms with Gasteiger partial charge in [0.2, 0.25) is 0 Å². The molecule has 1 aliphatic carbocycles. The minimum atomic E-state index is 0.703. The number of hydrogen-bond acceptors (Lipinski definition) is 0. The molecule has 1 atom stereocenters. The van der Waals surface area contributed by atoms with Crippen molar-refractivity contribution in [2.45, 2.75) is 38.5 Å². The molecule has 2 rings (SSSR count). The summed E-state index contributed by atoms with van der Waals surface area (Å²) in [6, 6.07) is 8.35. The lowest BCUT2D eigenvalue weighted by Crippen LogP contribution is -2.05. The molecule has 1 aromatic carbocycles. The van der Waals surface area contributed by atoms with Crippen LogP contribution in [0.2, 0.25) is 5.02 Å². The maximum Gasteiger partial charge on any atom is 0.0406 e. The van der Waals surface area contributed by atoms with Gasteiger partial charge in [0.25, 0.3) is 0 Å². The lowest BCUT2D eigenvalue weighted by atomic mass is 9.87. The molecule has 1 unspecified atom stereocenters. The van der Waals surface area contributed by atoms with Crippen LogP contribution in [-0.2, 0) is 0 Å². The van der Waals surface area contributed by atoms with E-state index in [9.17, 15) is 0 Å². The number of halogens is 1. The first-order valence-electron chi connectivity index (χ1n) is 5.53. The van der Waals surface area contributed by atoms with Crippen LogP contribution in [0.4, 0.5) is 0 Å². The van der Waals surface area contributed by atoms with Crippen LogP contribution in [0, 0.1) is 5.92 Å². The standard InChI is InChI=1S/C13H17Cl/c1-10(11-4-2-3-5-11)12-6-8-13(14)9-7-12/h6-11H,2-5H2,1H3. The highest BCUT2D eigenvalue weighted by Crippen LogP contribution is 2.37. The molecule has 0 spiro atoms. The summed E-state index contributed by atoms with van der Waals surface area (Å²) in [5.74, 6) is 1.60. The molecule has 0 saturated heterocycles. The van der Waals surface area contributed by atoms with Crippen LogP contribution in [0.5, 0.6) is 0 Å². The van der Waals surface area contributed by atoms with Gasteiger partial charge in [-0.3, -0.25) is 0 Å². The van der Waals surface area contributed by atoms with Gasteiger partial charge in [-0.1, -0.05) is 43.5 Å². The van der Waals surface area contributed by atoms with Crippen molar-refractivity contribution in [1.29, 1.82) is 0 Å². The van der Waals surface area contributed by atoms with E-state index in [0.29, 0.717) is 5.92 Å². The molecule has 0 radical (unpaired) electrons. The van der Waals surface area contributed by atoms with Crippen LogP contribution in [0.15, 0.2) is 24.3 Å². The third-order valence-electron chi connectivity index (χ3n) is 3.50. The smallest absolute Gasteiger partial charge is 0.0406 e. The Hall–Kier alpha value is -0.490. The number of hydrogen-bond donors (Lipinski definition) is 0. The summed E-state index contributed by atoms with van der Waals surface area (Å²) in [5.41, 5.74) is 1.45. The minimum Gasteiger partial charge on any atom is -0.0843 e. The summed E-state index contributed by atoms with van der Waals surface area (Å²) >= 11 is 5.88. The van der Waals surface area contributed by atoms with Gasteiger partial charge in [0.15, 0.2) is 0 Å². The number of benzene rings is 1. The molecular weight excluding hydrogens is 192 g/mol. The first-order valence-corrected chi connectivity index (χ1v) is 5.90. The predicted molar refractivity (Wildman–Crippen MR) is 61.8 cm³/mol. The lowest BCUT2D eigenvalue weighted by molar-refractivity contribution is 0.461. The Kier molecular flexibility index (Phi) is 3.12. The van der Waals surface area contributed by atoms with Crippen LogP contribution in [-0.4, -0.2) is 0 Å². The summed E-state index contributed by atoms with van der Waals surface area (Å²) in [5, 5.41) is 0.840. The average molecular weight is 209 g/mol. The van der Waals surface area contributed by atoms with Crippen molar-refractivity contribution in [2.24, 2.45) is 5.92 Å². The van der Waals surface area contributed by atoms with E-state index in [0.717, 1.165) is 10.9 Å². The third kappa shape index (κ3) is 2.12. The van der Waals surface area contributed by atoms with Gasteiger partial charge in [0.1, 0.15) is 0 Å². The summed E-state index contributed by atoms with van der Waals surface area (Å²) < 4.78 is 0.